The maximum atomic E-state index is 12.4. The van der Waals surface area contributed by atoms with Crippen molar-refractivity contribution in [1.82, 2.24) is 4.90 Å². The molecule has 3 rings (SSSR count). The fraction of sp³-hybridized carbons (Fsp3) is 0.391. The lowest BCUT2D eigenvalue weighted by atomic mass is 9.99. The van der Waals surface area contributed by atoms with Crippen LogP contribution in [0.2, 0.25) is 0 Å². The summed E-state index contributed by atoms with van der Waals surface area (Å²) < 4.78 is 0. The van der Waals surface area contributed by atoms with E-state index in [2.05, 4.69) is 22.2 Å². The average molecular weight is 380 g/mol. The maximum Gasteiger partial charge on any atom is 0.224 e. The Labute approximate surface area is 167 Å². The molecule has 1 aliphatic heterocycles. The van der Waals surface area contributed by atoms with Crippen molar-refractivity contribution in [2.24, 2.45) is 0 Å². The van der Waals surface area contributed by atoms with Crippen molar-refractivity contribution in [1.29, 1.82) is 0 Å². The van der Waals surface area contributed by atoms with Crippen molar-refractivity contribution in [3.8, 4) is 0 Å². The first-order chi connectivity index (χ1) is 13.4. The third kappa shape index (κ3) is 5.20. The van der Waals surface area contributed by atoms with Gasteiger partial charge in [-0.2, -0.15) is 0 Å². The number of rotatable bonds is 6. The van der Waals surface area contributed by atoms with Gasteiger partial charge in [-0.1, -0.05) is 17.7 Å². The van der Waals surface area contributed by atoms with Gasteiger partial charge in [-0.3, -0.25) is 9.59 Å². The molecule has 0 atom stereocenters. The van der Waals surface area contributed by atoms with Crippen LogP contribution >= 0.6 is 0 Å². The molecular formula is C23H29N3O2. The van der Waals surface area contributed by atoms with Crippen LogP contribution < -0.4 is 10.2 Å². The number of carbonyl (C=O) groups excluding carboxylic acids is 2. The number of piperazine rings is 1. The van der Waals surface area contributed by atoms with Crippen LogP contribution in [0.5, 0.6) is 0 Å². The topological polar surface area (TPSA) is 52.7 Å². The molecule has 1 aliphatic rings. The summed E-state index contributed by atoms with van der Waals surface area (Å²) in [5.74, 6) is -0.118. The van der Waals surface area contributed by atoms with Crippen LogP contribution in [0.25, 0.3) is 0 Å². The monoisotopic (exact) mass is 379 g/mol. The predicted molar refractivity (Wildman–Crippen MR) is 114 cm³/mol. The molecule has 2 aromatic rings. The van der Waals surface area contributed by atoms with E-state index in [0.29, 0.717) is 5.56 Å². The first-order valence-electron chi connectivity index (χ1n) is 9.86. The SMILES string of the molecule is Cc1ccc(C)c(C(=O)CCC(=O)Nc2ccc(N3CCN(C)CC3)cc2)c1. The van der Waals surface area contributed by atoms with E-state index in [1.807, 2.05) is 56.3 Å². The molecular weight excluding hydrogens is 350 g/mol. The molecule has 1 fully saturated rings. The lowest BCUT2D eigenvalue weighted by Crippen LogP contribution is -2.44. The second kappa shape index (κ2) is 9.02. The smallest absolute Gasteiger partial charge is 0.224 e. The first-order valence-corrected chi connectivity index (χ1v) is 9.86. The minimum atomic E-state index is -0.133. The Bertz CT molecular complexity index is 837. The summed E-state index contributed by atoms with van der Waals surface area (Å²) in [7, 11) is 2.14. The van der Waals surface area contributed by atoms with Crippen LogP contribution in [-0.2, 0) is 4.79 Å². The zero-order chi connectivity index (χ0) is 20.1. The molecule has 0 unspecified atom stereocenters. The number of carbonyl (C=O) groups is 2. The molecule has 0 radical (unpaired) electrons. The highest BCUT2D eigenvalue weighted by molar-refractivity contribution is 6.01. The molecule has 1 amide bonds. The number of nitrogens with zero attached hydrogens (tertiary/aromatic N) is 2. The number of nitrogens with one attached hydrogen (secondary N) is 1. The van der Waals surface area contributed by atoms with Gasteiger partial charge in [0.05, 0.1) is 0 Å². The summed E-state index contributed by atoms with van der Waals surface area (Å²) in [5.41, 5.74) is 4.66. The number of aryl methyl sites for hydroxylation is 2. The van der Waals surface area contributed by atoms with Gasteiger partial charge in [-0.15, -0.1) is 0 Å². The van der Waals surface area contributed by atoms with Crippen molar-refractivity contribution < 1.29 is 9.59 Å². The lowest BCUT2D eigenvalue weighted by Gasteiger charge is -2.34. The number of anilines is 2. The molecule has 148 valence electrons. The predicted octanol–water partition coefficient (Wildman–Crippen LogP) is 3.66. The van der Waals surface area contributed by atoms with Gasteiger partial charge >= 0.3 is 0 Å². The van der Waals surface area contributed by atoms with Gasteiger partial charge in [0.15, 0.2) is 5.78 Å². The summed E-state index contributed by atoms with van der Waals surface area (Å²) in [6, 6.07) is 13.8. The van der Waals surface area contributed by atoms with Crippen LogP contribution in [-0.4, -0.2) is 49.8 Å². The second-order valence-electron chi connectivity index (χ2n) is 7.63. The van der Waals surface area contributed by atoms with Crippen LogP contribution in [0.3, 0.4) is 0 Å². The van der Waals surface area contributed by atoms with E-state index in [1.54, 1.807) is 0 Å². The maximum absolute atomic E-state index is 12.4. The number of Topliss-reactive ketones (excluding diaryl/α,β-unsaturated/α-hetero) is 1. The van der Waals surface area contributed by atoms with E-state index in [9.17, 15) is 9.59 Å². The molecule has 2 aromatic carbocycles. The van der Waals surface area contributed by atoms with Gasteiger partial charge in [-0.05, 0) is 56.8 Å². The van der Waals surface area contributed by atoms with Gasteiger partial charge < -0.3 is 15.1 Å². The largest absolute Gasteiger partial charge is 0.369 e. The molecule has 0 aliphatic carbocycles. The van der Waals surface area contributed by atoms with E-state index in [1.165, 1.54) is 5.69 Å². The molecule has 28 heavy (non-hydrogen) atoms. The standard InChI is InChI=1S/C23H29N3O2/c1-17-4-5-18(2)21(16-17)22(27)10-11-23(28)24-19-6-8-20(9-7-19)26-14-12-25(3)13-15-26/h4-9,16H,10-15H2,1-3H3,(H,24,28). The number of hydrogen-bond acceptors (Lipinski definition) is 4. The lowest BCUT2D eigenvalue weighted by molar-refractivity contribution is -0.116. The third-order valence-corrected chi connectivity index (χ3v) is 5.29. The molecule has 1 saturated heterocycles. The zero-order valence-corrected chi connectivity index (χ0v) is 17.0. The Morgan fingerprint density at radius 2 is 1.61 bits per heavy atom. The van der Waals surface area contributed by atoms with Crippen LogP contribution in [0.1, 0.15) is 34.3 Å². The summed E-state index contributed by atoms with van der Waals surface area (Å²) in [5, 5.41) is 2.89. The first kappa shape index (κ1) is 20.1. The van der Waals surface area contributed by atoms with Gasteiger partial charge in [0.25, 0.3) is 0 Å². The summed E-state index contributed by atoms with van der Waals surface area (Å²) in [6.07, 6.45) is 0.405. The normalized spacial score (nSPS) is 14.8. The van der Waals surface area contributed by atoms with Crippen LogP contribution in [0.4, 0.5) is 11.4 Å². The Balaban J connectivity index is 1.50. The molecule has 0 spiro atoms. The third-order valence-electron chi connectivity index (χ3n) is 5.29. The Kier molecular flexibility index (Phi) is 6.47. The highest BCUT2D eigenvalue weighted by atomic mass is 16.2. The second-order valence-corrected chi connectivity index (χ2v) is 7.63. The minimum absolute atomic E-state index is 0.0155. The zero-order valence-electron chi connectivity index (χ0n) is 17.0. The summed E-state index contributed by atoms with van der Waals surface area (Å²) >= 11 is 0. The van der Waals surface area contributed by atoms with E-state index < -0.39 is 0 Å². The quantitative estimate of drug-likeness (QED) is 0.779. The molecule has 0 bridgehead atoms. The number of benzene rings is 2. The van der Waals surface area contributed by atoms with E-state index in [-0.39, 0.29) is 24.5 Å². The van der Waals surface area contributed by atoms with E-state index >= 15 is 0 Å². The van der Waals surface area contributed by atoms with Crippen molar-refractivity contribution in [2.45, 2.75) is 26.7 Å². The molecule has 1 N–H and O–H groups in total. The number of hydrogen-bond donors (Lipinski definition) is 1. The van der Waals surface area contributed by atoms with E-state index in [0.717, 1.165) is 43.0 Å². The fourth-order valence-electron chi connectivity index (χ4n) is 3.44. The molecule has 0 saturated carbocycles. The highest BCUT2D eigenvalue weighted by Crippen LogP contribution is 2.20. The number of likely N-dealkylation sites (N-methyl/N-ethyl adjacent to an activating group) is 1. The fourth-order valence-corrected chi connectivity index (χ4v) is 3.44. The van der Waals surface area contributed by atoms with Crippen molar-refractivity contribution in [3.05, 3.63) is 59.2 Å². The van der Waals surface area contributed by atoms with Gasteiger partial charge in [0.2, 0.25) is 5.91 Å². The van der Waals surface area contributed by atoms with Crippen LogP contribution in [0.15, 0.2) is 42.5 Å². The Hall–Kier alpha value is -2.66. The van der Waals surface area contributed by atoms with Crippen LogP contribution in [0, 0.1) is 13.8 Å². The van der Waals surface area contributed by atoms with Crippen molar-refractivity contribution >= 4 is 23.1 Å². The average Bonchev–Trinajstić information content (AvgIpc) is 2.69. The Morgan fingerprint density at radius 3 is 2.29 bits per heavy atom. The number of amides is 1. The van der Waals surface area contributed by atoms with Gasteiger partial charge in [0, 0.05) is 56.0 Å². The molecule has 5 nitrogen and oxygen atoms in total. The molecule has 0 aromatic heterocycles. The van der Waals surface area contributed by atoms with Crippen molar-refractivity contribution in [2.75, 3.05) is 43.4 Å². The summed E-state index contributed by atoms with van der Waals surface area (Å²) in [6.45, 7) is 8.05. The minimum Gasteiger partial charge on any atom is -0.369 e. The Morgan fingerprint density at radius 1 is 0.929 bits per heavy atom. The van der Waals surface area contributed by atoms with E-state index in [4.69, 9.17) is 0 Å². The van der Waals surface area contributed by atoms with Crippen molar-refractivity contribution in [3.63, 3.8) is 0 Å². The highest BCUT2D eigenvalue weighted by Gasteiger charge is 2.15. The van der Waals surface area contributed by atoms with Gasteiger partial charge in [0.1, 0.15) is 0 Å². The number of ketones is 1. The molecule has 5 heteroatoms. The molecule has 1 heterocycles. The summed E-state index contributed by atoms with van der Waals surface area (Å²) in [4.78, 5) is 29.4. The van der Waals surface area contributed by atoms with Gasteiger partial charge in [-0.25, -0.2) is 0 Å².